The molecule has 0 aliphatic heterocycles. The normalized spacial score (nSPS) is 16.4. The summed E-state index contributed by atoms with van der Waals surface area (Å²) in [5.74, 6) is 0. The molecule has 3 nitrogen and oxygen atoms in total. The lowest BCUT2D eigenvalue weighted by molar-refractivity contribution is 0.0224. The molecule has 3 heteroatoms. The van der Waals surface area contributed by atoms with Gasteiger partial charge in [0, 0.05) is 13.5 Å². The number of aliphatic hydroxyl groups is 2. The highest BCUT2D eigenvalue weighted by atomic mass is 16.5. The third-order valence-electron chi connectivity index (χ3n) is 1.53. The van der Waals surface area contributed by atoms with Crippen molar-refractivity contribution in [3.05, 3.63) is 0 Å². The van der Waals surface area contributed by atoms with Crippen molar-refractivity contribution in [3.63, 3.8) is 0 Å². The fourth-order valence-corrected chi connectivity index (χ4v) is 1.03. The topological polar surface area (TPSA) is 49.7 Å². The van der Waals surface area contributed by atoms with Crippen molar-refractivity contribution in [2.45, 2.75) is 38.4 Å². The Labute approximate surface area is 68.0 Å². The van der Waals surface area contributed by atoms with Crippen LogP contribution >= 0.6 is 0 Å². The van der Waals surface area contributed by atoms with E-state index in [1.54, 1.807) is 0 Å². The first-order valence-electron chi connectivity index (χ1n) is 4.05. The van der Waals surface area contributed by atoms with Crippen molar-refractivity contribution in [2.75, 3.05) is 13.7 Å². The molecule has 0 fully saturated rings. The number of hydrogen-bond acceptors (Lipinski definition) is 3. The predicted molar refractivity (Wildman–Crippen MR) is 43.4 cm³/mol. The van der Waals surface area contributed by atoms with Gasteiger partial charge in [0.05, 0.1) is 18.8 Å². The zero-order chi connectivity index (χ0) is 8.69. The zero-order valence-corrected chi connectivity index (χ0v) is 7.29. The number of aliphatic hydroxyl groups excluding tert-OH is 2. The molecule has 2 unspecified atom stereocenters. The van der Waals surface area contributed by atoms with Crippen LogP contribution in [0.5, 0.6) is 0 Å². The van der Waals surface area contributed by atoms with Gasteiger partial charge in [-0.2, -0.15) is 0 Å². The van der Waals surface area contributed by atoms with Gasteiger partial charge in [-0.3, -0.25) is 0 Å². The summed E-state index contributed by atoms with van der Waals surface area (Å²) in [7, 11) is 1.54. The molecule has 0 saturated heterocycles. The molecule has 11 heavy (non-hydrogen) atoms. The summed E-state index contributed by atoms with van der Waals surface area (Å²) in [5, 5.41) is 18.4. The maximum Gasteiger partial charge on any atom is 0.0798 e. The van der Waals surface area contributed by atoms with Gasteiger partial charge in [0.25, 0.3) is 0 Å². The van der Waals surface area contributed by atoms with E-state index in [1.165, 1.54) is 7.11 Å². The van der Waals surface area contributed by atoms with Crippen LogP contribution in [0.15, 0.2) is 0 Å². The smallest absolute Gasteiger partial charge is 0.0798 e. The van der Waals surface area contributed by atoms with Gasteiger partial charge in [0.15, 0.2) is 0 Å². The summed E-state index contributed by atoms with van der Waals surface area (Å²) in [4.78, 5) is 0. The monoisotopic (exact) mass is 162 g/mol. The molecule has 0 radical (unpaired) electrons. The largest absolute Gasteiger partial charge is 0.393 e. The minimum absolute atomic E-state index is 0.306. The zero-order valence-electron chi connectivity index (χ0n) is 7.29. The maximum atomic E-state index is 9.23. The minimum atomic E-state index is -0.526. The molecule has 0 saturated carbocycles. The quantitative estimate of drug-likeness (QED) is 0.599. The van der Waals surface area contributed by atoms with Crippen LogP contribution in [-0.2, 0) is 4.74 Å². The predicted octanol–water partition coefficient (Wildman–Crippen LogP) is 0.545. The molecule has 0 rings (SSSR count). The molecule has 0 bridgehead atoms. The Morgan fingerprint density at radius 3 is 2.36 bits per heavy atom. The van der Waals surface area contributed by atoms with Crippen LogP contribution in [-0.4, -0.2) is 36.1 Å². The number of methoxy groups -OCH3 is 1. The molecule has 0 aromatic heterocycles. The lowest BCUT2D eigenvalue weighted by atomic mass is 10.1. The van der Waals surface area contributed by atoms with Crippen molar-refractivity contribution in [3.8, 4) is 0 Å². The minimum Gasteiger partial charge on any atom is -0.393 e. The first kappa shape index (κ1) is 10.9. The standard InChI is InChI=1S/C8H18O3/c1-3-4-7(9)5-8(10)6-11-2/h7-10H,3-6H2,1-2H3. The molecule has 0 spiro atoms. The Morgan fingerprint density at radius 2 is 1.91 bits per heavy atom. The van der Waals surface area contributed by atoms with E-state index in [0.29, 0.717) is 13.0 Å². The van der Waals surface area contributed by atoms with Gasteiger partial charge in [0.2, 0.25) is 0 Å². The Hall–Kier alpha value is -0.120. The summed E-state index contributed by atoms with van der Waals surface area (Å²) in [6.07, 6.45) is 1.20. The molecule has 0 aliphatic carbocycles. The SMILES string of the molecule is CCCC(O)CC(O)COC. The third-order valence-corrected chi connectivity index (χ3v) is 1.53. The van der Waals surface area contributed by atoms with Crippen molar-refractivity contribution in [2.24, 2.45) is 0 Å². The lowest BCUT2D eigenvalue weighted by Crippen LogP contribution is -2.21. The Morgan fingerprint density at radius 1 is 1.27 bits per heavy atom. The first-order chi connectivity index (χ1) is 5.20. The van der Waals surface area contributed by atoms with E-state index in [4.69, 9.17) is 9.84 Å². The van der Waals surface area contributed by atoms with E-state index >= 15 is 0 Å². The average Bonchev–Trinajstić information content (AvgIpc) is 1.87. The number of ether oxygens (including phenoxy) is 1. The second kappa shape index (κ2) is 6.58. The van der Waals surface area contributed by atoms with Crippen LogP contribution in [0, 0.1) is 0 Å². The summed E-state index contributed by atoms with van der Waals surface area (Å²) in [5.41, 5.74) is 0. The number of hydrogen-bond donors (Lipinski definition) is 2. The first-order valence-corrected chi connectivity index (χ1v) is 4.05. The molecule has 0 aromatic rings. The second-order valence-electron chi connectivity index (χ2n) is 2.79. The van der Waals surface area contributed by atoms with Gasteiger partial charge in [-0.25, -0.2) is 0 Å². The van der Waals surface area contributed by atoms with Gasteiger partial charge < -0.3 is 14.9 Å². The van der Waals surface area contributed by atoms with E-state index in [0.717, 1.165) is 12.8 Å². The third kappa shape index (κ3) is 6.28. The highest BCUT2D eigenvalue weighted by molar-refractivity contribution is 4.61. The summed E-state index contributed by atoms with van der Waals surface area (Å²) in [6.45, 7) is 2.31. The van der Waals surface area contributed by atoms with Crippen LogP contribution in [0.3, 0.4) is 0 Å². The fraction of sp³-hybridized carbons (Fsp3) is 1.00. The molecule has 0 heterocycles. The molecule has 0 aromatic carbocycles. The van der Waals surface area contributed by atoms with Crippen LogP contribution in [0.25, 0.3) is 0 Å². The van der Waals surface area contributed by atoms with Gasteiger partial charge >= 0.3 is 0 Å². The Kier molecular flexibility index (Phi) is 6.51. The van der Waals surface area contributed by atoms with E-state index in [9.17, 15) is 5.11 Å². The highest BCUT2D eigenvalue weighted by Gasteiger charge is 2.09. The molecule has 0 aliphatic rings. The van der Waals surface area contributed by atoms with Crippen molar-refractivity contribution in [1.82, 2.24) is 0 Å². The van der Waals surface area contributed by atoms with E-state index in [2.05, 4.69) is 0 Å². The van der Waals surface area contributed by atoms with Crippen molar-refractivity contribution < 1.29 is 14.9 Å². The average molecular weight is 162 g/mol. The molecule has 2 N–H and O–H groups in total. The van der Waals surface area contributed by atoms with Crippen LogP contribution < -0.4 is 0 Å². The van der Waals surface area contributed by atoms with E-state index in [-0.39, 0.29) is 6.10 Å². The van der Waals surface area contributed by atoms with Crippen molar-refractivity contribution in [1.29, 1.82) is 0 Å². The van der Waals surface area contributed by atoms with Gasteiger partial charge in [-0.15, -0.1) is 0 Å². The van der Waals surface area contributed by atoms with Gasteiger partial charge in [0.1, 0.15) is 0 Å². The Bertz CT molecular complexity index is 75.4. The van der Waals surface area contributed by atoms with Crippen LogP contribution in [0.4, 0.5) is 0 Å². The van der Waals surface area contributed by atoms with Gasteiger partial charge in [-0.05, 0) is 6.42 Å². The summed E-state index contributed by atoms with van der Waals surface area (Å²) >= 11 is 0. The van der Waals surface area contributed by atoms with Crippen molar-refractivity contribution >= 4 is 0 Å². The Balaban J connectivity index is 3.32. The fourth-order valence-electron chi connectivity index (χ4n) is 1.03. The maximum absolute atomic E-state index is 9.23. The second-order valence-corrected chi connectivity index (χ2v) is 2.79. The highest BCUT2D eigenvalue weighted by Crippen LogP contribution is 2.04. The summed E-state index contributed by atoms with van der Waals surface area (Å²) < 4.78 is 4.72. The van der Waals surface area contributed by atoms with Crippen LogP contribution in [0.2, 0.25) is 0 Å². The van der Waals surface area contributed by atoms with Gasteiger partial charge in [-0.1, -0.05) is 13.3 Å². The molecule has 0 amide bonds. The number of rotatable bonds is 6. The molecular weight excluding hydrogens is 144 g/mol. The molecular formula is C8H18O3. The lowest BCUT2D eigenvalue weighted by Gasteiger charge is -2.13. The van der Waals surface area contributed by atoms with E-state index in [1.807, 2.05) is 6.92 Å². The van der Waals surface area contributed by atoms with Crippen LogP contribution in [0.1, 0.15) is 26.2 Å². The summed E-state index contributed by atoms with van der Waals surface area (Å²) in [6, 6.07) is 0. The molecule has 2 atom stereocenters. The van der Waals surface area contributed by atoms with E-state index < -0.39 is 6.10 Å². The molecule has 68 valence electrons.